The molecule has 1 N–H and O–H groups in total. The molecule has 1 saturated carbocycles. The van der Waals surface area contributed by atoms with Gasteiger partial charge in [0.2, 0.25) is 0 Å². The molecule has 3 nitrogen and oxygen atoms in total. The van der Waals surface area contributed by atoms with Gasteiger partial charge in [-0.3, -0.25) is 9.69 Å². The van der Waals surface area contributed by atoms with E-state index in [9.17, 15) is 9.90 Å². The second-order valence-electron chi connectivity index (χ2n) is 6.41. The van der Waals surface area contributed by atoms with Crippen LogP contribution in [0.25, 0.3) is 0 Å². The third-order valence-electron chi connectivity index (χ3n) is 4.75. The Kier molecular flexibility index (Phi) is 3.79. The highest BCUT2D eigenvalue weighted by molar-refractivity contribution is 5.70. The Morgan fingerprint density at radius 2 is 2.10 bits per heavy atom. The molecule has 1 heterocycles. The number of benzene rings is 1. The monoisotopic (exact) mass is 273 g/mol. The van der Waals surface area contributed by atoms with Gasteiger partial charge in [-0.2, -0.15) is 0 Å². The molecule has 2 aliphatic rings. The highest BCUT2D eigenvalue weighted by atomic mass is 16.4. The zero-order valence-electron chi connectivity index (χ0n) is 12.1. The van der Waals surface area contributed by atoms with Crippen LogP contribution < -0.4 is 0 Å². The van der Waals surface area contributed by atoms with Gasteiger partial charge in [-0.05, 0) is 49.7 Å². The first-order valence-corrected chi connectivity index (χ1v) is 7.69. The minimum absolute atomic E-state index is 0.196. The van der Waals surface area contributed by atoms with E-state index < -0.39 is 5.97 Å². The molecular weight excluding hydrogens is 250 g/mol. The molecule has 1 aromatic carbocycles. The van der Waals surface area contributed by atoms with E-state index in [2.05, 4.69) is 36.1 Å². The van der Waals surface area contributed by atoms with Crippen molar-refractivity contribution < 1.29 is 9.90 Å². The fourth-order valence-corrected chi connectivity index (χ4v) is 3.20. The van der Waals surface area contributed by atoms with Crippen LogP contribution in [0, 0.1) is 5.92 Å². The van der Waals surface area contributed by atoms with E-state index >= 15 is 0 Å². The third-order valence-corrected chi connectivity index (χ3v) is 4.75. The van der Waals surface area contributed by atoms with Gasteiger partial charge in [0.1, 0.15) is 0 Å². The maximum atomic E-state index is 11.2. The highest BCUT2D eigenvalue weighted by Crippen LogP contribution is 2.40. The van der Waals surface area contributed by atoms with Gasteiger partial charge in [-0.15, -0.1) is 0 Å². The number of piperidine rings is 1. The van der Waals surface area contributed by atoms with Crippen molar-refractivity contribution in [3.8, 4) is 0 Å². The molecule has 108 valence electrons. The summed E-state index contributed by atoms with van der Waals surface area (Å²) < 4.78 is 0. The molecule has 3 rings (SSSR count). The van der Waals surface area contributed by atoms with Crippen LogP contribution in [0.3, 0.4) is 0 Å². The molecule has 2 fully saturated rings. The summed E-state index contributed by atoms with van der Waals surface area (Å²) in [6.07, 6.45) is 4.45. The number of carboxylic acids is 1. The van der Waals surface area contributed by atoms with Gasteiger partial charge in [0.25, 0.3) is 0 Å². The average Bonchev–Trinajstić information content (AvgIpc) is 3.26. The van der Waals surface area contributed by atoms with Gasteiger partial charge in [0.05, 0.1) is 5.92 Å². The van der Waals surface area contributed by atoms with Crippen LogP contribution >= 0.6 is 0 Å². The van der Waals surface area contributed by atoms with Crippen LogP contribution in [0.5, 0.6) is 0 Å². The first-order chi connectivity index (χ1) is 9.63. The molecule has 0 amide bonds. The van der Waals surface area contributed by atoms with E-state index in [4.69, 9.17) is 0 Å². The zero-order valence-corrected chi connectivity index (χ0v) is 12.1. The lowest BCUT2D eigenvalue weighted by atomic mass is 9.93. The van der Waals surface area contributed by atoms with Crippen molar-refractivity contribution in [1.29, 1.82) is 0 Å². The summed E-state index contributed by atoms with van der Waals surface area (Å²) in [5, 5.41) is 9.21. The molecular formula is C17H23NO2. The molecule has 0 spiro atoms. The van der Waals surface area contributed by atoms with E-state index in [0.29, 0.717) is 12.6 Å². The Morgan fingerprint density at radius 1 is 1.30 bits per heavy atom. The number of hydrogen-bond donors (Lipinski definition) is 1. The molecule has 1 aliphatic carbocycles. The van der Waals surface area contributed by atoms with Crippen LogP contribution in [0.15, 0.2) is 24.3 Å². The van der Waals surface area contributed by atoms with E-state index in [1.807, 2.05) is 0 Å². The lowest BCUT2D eigenvalue weighted by Gasteiger charge is -2.36. The number of hydrogen-bond acceptors (Lipinski definition) is 2. The molecule has 1 aliphatic heterocycles. The first kappa shape index (κ1) is 13.6. The lowest BCUT2D eigenvalue weighted by molar-refractivity contribution is -0.144. The van der Waals surface area contributed by atoms with Crippen molar-refractivity contribution >= 4 is 5.97 Å². The summed E-state index contributed by atoms with van der Waals surface area (Å²) in [5.41, 5.74) is 2.79. The summed E-state index contributed by atoms with van der Waals surface area (Å²) in [7, 11) is 0. The van der Waals surface area contributed by atoms with Crippen LogP contribution in [-0.4, -0.2) is 28.6 Å². The van der Waals surface area contributed by atoms with Gasteiger partial charge in [-0.25, -0.2) is 0 Å². The van der Waals surface area contributed by atoms with Crippen molar-refractivity contribution in [3.63, 3.8) is 0 Å². The van der Waals surface area contributed by atoms with Gasteiger partial charge < -0.3 is 5.11 Å². The lowest BCUT2D eigenvalue weighted by Crippen LogP contribution is -2.43. The summed E-state index contributed by atoms with van der Waals surface area (Å²) in [6, 6.07) is 9.33. The number of likely N-dealkylation sites (tertiary alicyclic amines) is 1. The number of aliphatic carboxylic acids is 1. The number of rotatable bonds is 4. The van der Waals surface area contributed by atoms with Crippen molar-refractivity contribution in [1.82, 2.24) is 4.90 Å². The standard InChI is InChI=1S/C17H23NO2/c1-12-5-6-16(17(19)20)11-18(12)10-13-3-2-4-15(9-13)14-7-8-14/h2-4,9,12,14,16H,5-8,10-11H2,1H3,(H,19,20). The number of nitrogens with zero attached hydrogens (tertiary/aromatic N) is 1. The van der Waals surface area contributed by atoms with Crippen LogP contribution in [0.2, 0.25) is 0 Å². The van der Waals surface area contributed by atoms with E-state index in [1.165, 1.54) is 24.0 Å². The van der Waals surface area contributed by atoms with E-state index in [-0.39, 0.29) is 5.92 Å². The molecule has 1 saturated heterocycles. The Hall–Kier alpha value is -1.35. The largest absolute Gasteiger partial charge is 0.481 e. The van der Waals surface area contributed by atoms with E-state index in [0.717, 1.165) is 25.3 Å². The van der Waals surface area contributed by atoms with Crippen molar-refractivity contribution in [2.45, 2.75) is 51.1 Å². The van der Waals surface area contributed by atoms with Crippen molar-refractivity contribution in [2.24, 2.45) is 5.92 Å². The van der Waals surface area contributed by atoms with Crippen molar-refractivity contribution in [3.05, 3.63) is 35.4 Å². The SMILES string of the molecule is CC1CCC(C(=O)O)CN1Cc1cccc(C2CC2)c1. The highest BCUT2D eigenvalue weighted by Gasteiger charge is 2.30. The quantitative estimate of drug-likeness (QED) is 0.915. The molecule has 0 bridgehead atoms. The average molecular weight is 273 g/mol. The fraction of sp³-hybridized carbons (Fsp3) is 0.588. The Balaban J connectivity index is 1.68. The van der Waals surface area contributed by atoms with Crippen LogP contribution in [0.4, 0.5) is 0 Å². The Bertz CT molecular complexity index is 496. The zero-order chi connectivity index (χ0) is 14.1. The van der Waals surface area contributed by atoms with Crippen molar-refractivity contribution in [2.75, 3.05) is 6.54 Å². The fourth-order valence-electron chi connectivity index (χ4n) is 3.20. The molecule has 2 unspecified atom stereocenters. The minimum atomic E-state index is -0.645. The Morgan fingerprint density at radius 3 is 2.80 bits per heavy atom. The van der Waals surface area contributed by atoms with Gasteiger partial charge >= 0.3 is 5.97 Å². The van der Waals surface area contributed by atoms with E-state index in [1.54, 1.807) is 0 Å². The topological polar surface area (TPSA) is 40.5 Å². The van der Waals surface area contributed by atoms with Crippen LogP contribution in [0.1, 0.15) is 49.7 Å². The second kappa shape index (κ2) is 5.57. The molecule has 3 heteroatoms. The van der Waals surface area contributed by atoms with Crippen LogP contribution in [-0.2, 0) is 11.3 Å². The molecule has 0 aromatic heterocycles. The summed E-state index contributed by atoms with van der Waals surface area (Å²) in [6.45, 7) is 3.78. The van der Waals surface area contributed by atoms with Gasteiger partial charge in [0, 0.05) is 19.1 Å². The summed E-state index contributed by atoms with van der Waals surface area (Å²) >= 11 is 0. The summed E-state index contributed by atoms with van der Waals surface area (Å²) in [5.74, 6) is -0.0630. The first-order valence-electron chi connectivity index (χ1n) is 7.69. The number of carbonyl (C=O) groups is 1. The smallest absolute Gasteiger partial charge is 0.307 e. The predicted molar refractivity (Wildman–Crippen MR) is 78.6 cm³/mol. The minimum Gasteiger partial charge on any atom is -0.481 e. The molecule has 0 radical (unpaired) electrons. The van der Waals surface area contributed by atoms with Gasteiger partial charge in [-0.1, -0.05) is 24.3 Å². The maximum absolute atomic E-state index is 11.2. The molecule has 20 heavy (non-hydrogen) atoms. The van der Waals surface area contributed by atoms with Gasteiger partial charge in [0.15, 0.2) is 0 Å². The summed E-state index contributed by atoms with van der Waals surface area (Å²) in [4.78, 5) is 13.5. The Labute approximate surface area is 120 Å². The second-order valence-corrected chi connectivity index (χ2v) is 6.41. The third kappa shape index (κ3) is 3.04. The maximum Gasteiger partial charge on any atom is 0.307 e. The normalized spacial score (nSPS) is 27.4. The predicted octanol–water partition coefficient (Wildman–Crippen LogP) is 3.25. The molecule has 2 atom stereocenters. The molecule has 1 aromatic rings. The number of carboxylic acid groups (broad SMARTS) is 1.